The van der Waals surface area contributed by atoms with Gasteiger partial charge in [-0.15, -0.1) is 0 Å². The maximum Gasteiger partial charge on any atom is 0.253 e. The molecule has 2 aromatic rings. The van der Waals surface area contributed by atoms with Crippen LogP contribution in [0.2, 0.25) is 5.02 Å². The van der Waals surface area contributed by atoms with Gasteiger partial charge < -0.3 is 15.5 Å². The first-order valence-electron chi connectivity index (χ1n) is 8.45. The number of halogens is 1. The van der Waals surface area contributed by atoms with Gasteiger partial charge in [0.15, 0.2) is 0 Å². The van der Waals surface area contributed by atoms with Crippen LogP contribution in [0, 0.1) is 0 Å². The average Bonchev–Trinajstić information content (AvgIpc) is 2.66. The number of rotatable bonds is 7. The van der Waals surface area contributed by atoms with Gasteiger partial charge in [-0.25, -0.2) is 0 Å². The van der Waals surface area contributed by atoms with Crippen molar-refractivity contribution in [3.8, 4) is 0 Å². The number of likely N-dealkylation sites (N-methyl/N-ethyl adjacent to an activating group) is 1. The van der Waals surface area contributed by atoms with Gasteiger partial charge in [-0.05, 0) is 17.7 Å². The van der Waals surface area contributed by atoms with Gasteiger partial charge in [-0.2, -0.15) is 0 Å². The zero-order valence-corrected chi connectivity index (χ0v) is 16.0. The molecule has 0 spiro atoms. The highest BCUT2D eigenvalue weighted by molar-refractivity contribution is 6.33. The molecule has 0 heterocycles. The quantitative estimate of drug-likeness (QED) is 0.765. The van der Waals surface area contributed by atoms with Gasteiger partial charge >= 0.3 is 0 Å². The number of carbonyl (C=O) groups is 3. The number of amides is 3. The molecule has 7 heteroatoms. The maximum absolute atomic E-state index is 12.6. The highest BCUT2D eigenvalue weighted by atomic mass is 35.5. The van der Waals surface area contributed by atoms with E-state index in [1.807, 2.05) is 30.3 Å². The van der Waals surface area contributed by atoms with Crippen molar-refractivity contribution < 1.29 is 14.4 Å². The van der Waals surface area contributed by atoms with Crippen LogP contribution < -0.4 is 10.6 Å². The van der Waals surface area contributed by atoms with Crippen LogP contribution in [-0.4, -0.2) is 43.3 Å². The lowest BCUT2D eigenvalue weighted by Crippen LogP contribution is -2.38. The molecule has 2 N–H and O–H groups in total. The molecule has 0 radical (unpaired) electrons. The molecule has 27 heavy (non-hydrogen) atoms. The highest BCUT2D eigenvalue weighted by Gasteiger charge is 2.20. The summed E-state index contributed by atoms with van der Waals surface area (Å²) in [6, 6.07) is 15.3. The van der Waals surface area contributed by atoms with Crippen LogP contribution in [0.15, 0.2) is 54.6 Å². The zero-order valence-electron chi connectivity index (χ0n) is 15.2. The van der Waals surface area contributed by atoms with Crippen molar-refractivity contribution >= 4 is 29.3 Å². The van der Waals surface area contributed by atoms with E-state index in [0.29, 0.717) is 10.6 Å². The monoisotopic (exact) mass is 387 g/mol. The summed E-state index contributed by atoms with van der Waals surface area (Å²) >= 11 is 6.09. The smallest absolute Gasteiger partial charge is 0.253 e. The number of hydrogen-bond donors (Lipinski definition) is 2. The third-order valence-electron chi connectivity index (χ3n) is 3.95. The Morgan fingerprint density at radius 3 is 2.26 bits per heavy atom. The molecule has 2 rings (SSSR count). The number of hydrogen-bond acceptors (Lipinski definition) is 3. The molecule has 2 aromatic carbocycles. The minimum Gasteiger partial charge on any atom is -0.347 e. The second-order valence-electron chi connectivity index (χ2n) is 6.19. The van der Waals surface area contributed by atoms with Gasteiger partial charge in [0.25, 0.3) is 5.91 Å². The molecule has 142 valence electrons. The Bertz CT molecular complexity index is 809. The molecule has 6 nitrogen and oxygen atoms in total. The van der Waals surface area contributed by atoms with E-state index in [-0.39, 0.29) is 30.7 Å². The van der Waals surface area contributed by atoms with E-state index < -0.39 is 6.04 Å². The normalized spacial score (nSPS) is 11.4. The van der Waals surface area contributed by atoms with E-state index in [2.05, 4.69) is 10.6 Å². The second kappa shape index (κ2) is 9.73. The predicted octanol–water partition coefficient (Wildman–Crippen LogP) is 2.41. The minimum atomic E-state index is -0.551. The Morgan fingerprint density at radius 1 is 1.00 bits per heavy atom. The Morgan fingerprint density at radius 2 is 1.63 bits per heavy atom. The van der Waals surface area contributed by atoms with Crippen LogP contribution in [0.3, 0.4) is 0 Å². The van der Waals surface area contributed by atoms with E-state index in [0.717, 1.165) is 5.56 Å². The molecule has 0 saturated heterocycles. The van der Waals surface area contributed by atoms with Crippen molar-refractivity contribution in [1.29, 1.82) is 0 Å². The first kappa shape index (κ1) is 20.5. The van der Waals surface area contributed by atoms with Gasteiger partial charge in [0.2, 0.25) is 11.8 Å². The van der Waals surface area contributed by atoms with Crippen molar-refractivity contribution in [2.75, 3.05) is 20.6 Å². The van der Waals surface area contributed by atoms with Gasteiger partial charge in [-0.1, -0.05) is 54.1 Å². The first-order valence-corrected chi connectivity index (χ1v) is 8.83. The Labute approximate surface area is 163 Å². The van der Waals surface area contributed by atoms with Crippen LogP contribution in [0.5, 0.6) is 0 Å². The Balaban J connectivity index is 2.10. The van der Waals surface area contributed by atoms with Gasteiger partial charge in [0, 0.05) is 14.1 Å². The fraction of sp³-hybridized carbons (Fsp3) is 0.250. The third-order valence-corrected chi connectivity index (χ3v) is 4.28. The second-order valence-corrected chi connectivity index (χ2v) is 6.59. The Kier molecular flexibility index (Phi) is 7.37. The van der Waals surface area contributed by atoms with Crippen molar-refractivity contribution in [2.24, 2.45) is 0 Å². The molecule has 0 bridgehead atoms. The number of carbonyl (C=O) groups excluding carboxylic acids is 3. The van der Waals surface area contributed by atoms with E-state index in [4.69, 9.17) is 11.6 Å². The van der Waals surface area contributed by atoms with Gasteiger partial charge in [-0.3, -0.25) is 14.4 Å². The predicted molar refractivity (Wildman–Crippen MR) is 104 cm³/mol. The summed E-state index contributed by atoms with van der Waals surface area (Å²) in [6.45, 7) is -0.0915. The maximum atomic E-state index is 12.6. The van der Waals surface area contributed by atoms with Crippen molar-refractivity contribution in [3.63, 3.8) is 0 Å². The lowest BCUT2D eigenvalue weighted by Gasteiger charge is -2.20. The fourth-order valence-corrected chi connectivity index (χ4v) is 2.63. The Hall–Kier alpha value is -2.86. The third kappa shape index (κ3) is 6.11. The van der Waals surface area contributed by atoms with Crippen molar-refractivity contribution in [1.82, 2.24) is 15.5 Å². The first-order chi connectivity index (χ1) is 12.9. The van der Waals surface area contributed by atoms with Gasteiger partial charge in [0.05, 0.1) is 29.6 Å². The highest BCUT2D eigenvalue weighted by Crippen LogP contribution is 2.20. The van der Waals surface area contributed by atoms with Crippen LogP contribution in [0.1, 0.15) is 28.4 Å². The number of benzene rings is 2. The van der Waals surface area contributed by atoms with E-state index in [1.165, 1.54) is 4.90 Å². The van der Waals surface area contributed by atoms with Crippen LogP contribution >= 0.6 is 11.6 Å². The van der Waals surface area contributed by atoms with E-state index in [1.54, 1.807) is 38.4 Å². The van der Waals surface area contributed by atoms with Gasteiger partial charge in [0.1, 0.15) is 0 Å². The summed E-state index contributed by atoms with van der Waals surface area (Å²) in [7, 11) is 3.23. The summed E-state index contributed by atoms with van der Waals surface area (Å²) in [6.07, 6.45) is 0.000907. The molecule has 0 unspecified atom stereocenters. The van der Waals surface area contributed by atoms with E-state index >= 15 is 0 Å². The topological polar surface area (TPSA) is 78.5 Å². The molecule has 0 saturated carbocycles. The summed E-state index contributed by atoms with van der Waals surface area (Å²) in [5.74, 6) is -0.912. The lowest BCUT2D eigenvalue weighted by molar-refractivity contribution is -0.131. The van der Waals surface area contributed by atoms with Crippen molar-refractivity contribution in [3.05, 3.63) is 70.7 Å². The number of nitrogens with zero attached hydrogens (tertiary/aromatic N) is 1. The molecule has 3 amide bonds. The van der Waals surface area contributed by atoms with Crippen LogP contribution in [0.25, 0.3) is 0 Å². The summed E-state index contributed by atoms with van der Waals surface area (Å²) < 4.78 is 0. The lowest BCUT2D eigenvalue weighted by atomic mass is 10.0. The molecular formula is C20H22ClN3O3. The average molecular weight is 388 g/mol. The largest absolute Gasteiger partial charge is 0.347 e. The zero-order chi connectivity index (χ0) is 19.8. The minimum absolute atomic E-state index is 0.000907. The van der Waals surface area contributed by atoms with Crippen LogP contribution in [-0.2, 0) is 9.59 Å². The standard InChI is InChI=1S/C20H22ClN3O3/c1-24(2)19(26)13-22-18(25)12-17(14-8-4-3-5-9-14)23-20(27)15-10-6-7-11-16(15)21/h3-11,17H,12-13H2,1-2H3,(H,22,25)(H,23,27)/t17-/m1/s1. The van der Waals surface area contributed by atoms with Crippen molar-refractivity contribution in [2.45, 2.75) is 12.5 Å². The molecule has 0 aliphatic carbocycles. The molecule has 0 fully saturated rings. The SMILES string of the molecule is CN(C)C(=O)CNC(=O)C[C@@H](NC(=O)c1ccccc1Cl)c1ccccc1. The fourth-order valence-electron chi connectivity index (χ4n) is 2.41. The summed E-state index contributed by atoms with van der Waals surface area (Å²) in [4.78, 5) is 37.9. The molecule has 0 aliphatic heterocycles. The molecular weight excluding hydrogens is 366 g/mol. The van der Waals surface area contributed by atoms with E-state index in [9.17, 15) is 14.4 Å². The number of nitrogens with one attached hydrogen (secondary N) is 2. The molecule has 0 aliphatic rings. The molecule has 0 aromatic heterocycles. The summed E-state index contributed by atoms with van der Waals surface area (Å²) in [5.41, 5.74) is 1.12. The molecule has 1 atom stereocenters. The van der Waals surface area contributed by atoms with Crippen LogP contribution in [0.4, 0.5) is 0 Å². The summed E-state index contributed by atoms with van der Waals surface area (Å²) in [5, 5.41) is 5.77.